The Balaban J connectivity index is 2.14. The van der Waals surface area contributed by atoms with Gasteiger partial charge in [-0.1, -0.05) is 66.2 Å². The predicted molar refractivity (Wildman–Crippen MR) is 98.3 cm³/mol. The van der Waals surface area contributed by atoms with Crippen LogP contribution in [0.5, 0.6) is 0 Å². The lowest BCUT2D eigenvalue weighted by Crippen LogP contribution is -2.62. The number of nitrogens with zero attached hydrogens (tertiary/aromatic N) is 1. The van der Waals surface area contributed by atoms with Gasteiger partial charge in [0.2, 0.25) is 0 Å². The van der Waals surface area contributed by atoms with Crippen LogP contribution < -0.4 is 0 Å². The summed E-state index contributed by atoms with van der Waals surface area (Å²) in [6.45, 7) is 11.1. The molecule has 2 aliphatic rings. The summed E-state index contributed by atoms with van der Waals surface area (Å²) in [6, 6.07) is 0.911. The van der Waals surface area contributed by atoms with Crippen molar-refractivity contribution >= 4 is 0 Å². The molecule has 0 bridgehead atoms. The Morgan fingerprint density at radius 2 is 1.64 bits per heavy atom. The molecule has 2 fully saturated rings. The van der Waals surface area contributed by atoms with Crippen molar-refractivity contribution in [1.29, 1.82) is 0 Å². The van der Waals surface area contributed by atoms with Crippen LogP contribution in [0.15, 0.2) is 0 Å². The summed E-state index contributed by atoms with van der Waals surface area (Å²) in [5.74, 6) is 2.01. The van der Waals surface area contributed by atoms with Crippen LogP contribution in [0.2, 0.25) is 0 Å². The maximum atomic E-state index is 3.04. The van der Waals surface area contributed by atoms with Crippen molar-refractivity contribution in [2.24, 2.45) is 11.8 Å². The first-order valence-electron chi connectivity index (χ1n) is 10.5. The summed E-state index contributed by atoms with van der Waals surface area (Å²) in [6.07, 6.45) is 17.2. The van der Waals surface area contributed by atoms with Crippen molar-refractivity contribution < 1.29 is 0 Å². The number of fused-ring (bicyclic) bond motifs is 1. The lowest BCUT2D eigenvalue weighted by atomic mass is 9.63. The lowest BCUT2D eigenvalue weighted by Gasteiger charge is -2.59. The second kappa shape index (κ2) is 8.71. The molecule has 1 aliphatic heterocycles. The topological polar surface area (TPSA) is 3.24 Å². The molecular weight excluding hydrogens is 266 g/mol. The molecule has 3 atom stereocenters. The molecule has 1 heteroatoms. The molecule has 0 spiro atoms. The predicted octanol–water partition coefficient (Wildman–Crippen LogP) is 6.42. The molecule has 3 unspecified atom stereocenters. The number of unbranched alkanes of at least 4 members (excludes halogenated alkanes) is 3. The molecule has 0 aromatic heterocycles. The van der Waals surface area contributed by atoms with Crippen molar-refractivity contribution in [3.05, 3.63) is 0 Å². The number of likely N-dealkylation sites (tertiary alicyclic amines) is 1. The van der Waals surface area contributed by atoms with E-state index in [1.807, 2.05) is 0 Å². The fourth-order valence-electron chi connectivity index (χ4n) is 5.69. The third-order valence-electron chi connectivity index (χ3n) is 7.13. The minimum absolute atomic E-state index is 0.519. The van der Waals surface area contributed by atoms with Gasteiger partial charge in [0, 0.05) is 11.6 Å². The standard InChI is InChI=1S/C21H41N/c1-5-9-10-13-16-22-20-15-12-11-14-19(20)18(6-2)17-21(22,7-3)8-4/h18-20H,5-17H2,1-4H3. The van der Waals surface area contributed by atoms with Crippen LogP contribution in [0.1, 0.15) is 105 Å². The van der Waals surface area contributed by atoms with E-state index in [0.717, 1.165) is 17.9 Å². The summed E-state index contributed by atoms with van der Waals surface area (Å²) in [4.78, 5) is 3.04. The fraction of sp³-hybridized carbons (Fsp3) is 1.00. The average Bonchev–Trinajstić information content (AvgIpc) is 2.58. The van der Waals surface area contributed by atoms with Gasteiger partial charge in [-0.2, -0.15) is 0 Å². The maximum Gasteiger partial charge on any atom is 0.0210 e. The molecule has 1 aliphatic carbocycles. The van der Waals surface area contributed by atoms with Gasteiger partial charge >= 0.3 is 0 Å². The van der Waals surface area contributed by atoms with Gasteiger partial charge in [-0.15, -0.1) is 0 Å². The van der Waals surface area contributed by atoms with Crippen molar-refractivity contribution in [1.82, 2.24) is 4.90 Å². The first-order valence-corrected chi connectivity index (χ1v) is 10.5. The van der Waals surface area contributed by atoms with E-state index in [4.69, 9.17) is 0 Å². The summed E-state index contributed by atoms with van der Waals surface area (Å²) in [5.41, 5.74) is 0.519. The van der Waals surface area contributed by atoms with E-state index in [0.29, 0.717) is 5.54 Å². The molecule has 2 rings (SSSR count). The van der Waals surface area contributed by atoms with Crippen molar-refractivity contribution in [3.8, 4) is 0 Å². The lowest BCUT2D eigenvalue weighted by molar-refractivity contribution is -0.0851. The van der Waals surface area contributed by atoms with E-state index >= 15 is 0 Å². The van der Waals surface area contributed by atoms with Crippen LogP contribution in [0.25, 0.3) is 0 Å². The molecule has 0 N–H and O–H groups in total. The van der Waals surface area contributed by atoms with Gasteiger partial charge < -0.3 is 0 Å². The minimum atomic E-state index is 0.519. The molecule has 0 aromatic rings. The molecule has 1 saturated carbocycles. The monoisotopic (exact) mass is 307 g/mol. The van der Waals surface area contributed by atoms with E-state index in [-0.39, 0.29) is 0 Å². The Labute approximate surface area is 140 Å². The highest BCUT2D eigenvalue weighted by molar-refractivity contribution is 5.03. The van der Waals surface area contributed by atoms with E-state index in [9.17, 15) is 0 Å². The highest BCUT2D eigenvalue weighted by Gasteiger charge is 2.48. The quantitative estimate of drug-likeness (QED) is 0.468. The Hall–Kier alpha value is -0.0400. The first kappa shape index (κ1) is 18.3. The van der Waals surface area contributed by atoms with Gasteiger partial charge in [0.1, 0.15) is 0 Å². The smallest absolute Gasteiger partial charge is 0.0210 e. The van der Waals surface area contributed by atoms with Crippen LogP contribution in [-0.4, -0.2) is 23.0 Å². The second-order valence-electron chi connectivity index (χ2n) is 8.07. The molecule has 1 heterocycles. The van der Waals surface area contributed by atoms with Gasteiger partial charge in [0.05, 0.1) is 0 Å². The van der Waals surface area contributed by atoms with Gasteiger partial charge in [0.25, 0.3) is 0 Å². The third kappa shape index (κ3) is 3.71. The van der Waals surface area contributed by atoms with Gasteiger partial charge in [-0.3, -0.25) is 4.90 Å². The summed E-state index contributed by atoms with van der Waals surface area (Å²) >= 11 is 0. The molecule has 0 amide bonds. The van der Waals surface area contributed by atoms with Crippen LogP contribution >= 0.6 is 0 Å². The van der Waals surface area contributed by atoms with Crippen LogP contribution in [0.3, 0.4) is 0 Å². The largest absolute Gasteiger partial charge is 0.294 e. The third-order valence-corrected chi connectivity index (χ3v) is 7.13. The number of rotatable bonds is 8. The molecule has 0 aromatic carbocycles. The molecule has 1 nitrogen and oxygen atoms in total. The van der Waals surface area contributed by atoms with Crippen molar-refractivity contribution in [3.63, 3.8) is 0 Å². The van der Waals surface area contributed by atoms with Gasteiger partial charge in [-0.05, 0) is 56.9 Å². The summed E-state index contributed by atoms with van der Waals surface area (Å²) in [5, 5.41) is 0. The van der Waals surface area contributed by atoms with E-state index in [1.54, 1.807) is 0 Å². The molecule has 1 saturated heterocycles. The van der Waals surface area contributed by atoms with E-state index in [2.05, 4.69) is 32.6 Å². The average molecular weight is 308 g/mol. The highest BCUT2D eigenvalue weighted by atomic mass is 15.2. The van der Waals surface area contributed by atoms with E-state index in [1.165, 1.54) is 83.6 Å². The Morgan fingerprint density at radius 1 is 0.909 bits per heavy atom. The zero-order valence-electron chi connectivity index (χ0n) is 15.9. The molecule has 0 radical (unpaired) electrons. The summed E-state index contributed by atoms with van der Waals surface area (Å²) in [7, 11) is 0. The van der Waals surface area contributed by atoms with Crippen LogP contribution in [-0.2, 0) is 0 Å². The fourth-order valence-corrected chi connectivity index (χ4v) is 5.69. The molecule has 130 valence electrons. The number of hydrogen-bond acceptors (Lipinski definition) is 1. The Bertz CT molecular complexity index is 307. The number of hydrogen-bond donors (Lipinski definition) is 0. The zero-order chi connectivity index (χ0) is 16.0. The van der Waals surface area contributed by atoms with Crippen molar-refractivity contribution in [2.45, 2.75) is 116 Å². The Morgan fingerprint density at radius 3 is 2.27 bits per heavy atom. The van der Waals surface area contributed by atoms with E-state index < -0.39 is 0 Å². The van der Waals surface area contributed by atoms with Gasteiger partial charge in [-0.25, -0.2) is 0 Å². The second-order valence-corrected chi connectivity index (χ2v) is 8.07. The maximum absolute atomic E-state index is 3.04. The first-order chi connectivity index (χ1) is 10.7. The van der Waals surface area contributed by atoms with Crippen molar-refractivity contribution in [2.75, 3.05) is 6.54 Å². The van der Waals surface area contributed by atoms with Gasteiger partial charge in [0.15, 0.2) is 0 Å². The minimum Gasteiger partial charge on any atom is -0.294 e. The normalized spacial score (nSPS) is 31.9. The van der Waals surface area contributed by atoms with Crippen LogP contribution in [0, 0.1) is 11.8 Å². The SMILES string of the molecule is CCCCCCN1C2CCCCC2C(CC)CC1(CC)CC. The molecular formula is C21H41N. The number of piperidine rings is 1. The Kier molecular flexibility index (Phi) is 7.25. The zero-order valence-corrected chi connectivity index (χ0v) is 15.9. The van der Waals surface area contributed by atoms with Crippen LogP contribution in [0.4, 0.5) is 0 Å². The highest BCUT2D eigenvalue weighted by Crippen LogP contribution is 2.49. The molecule has 22 heavy (non-hydrogen) atoms. The summed E-state index contributed by atoms with van der Waals surface area (Å²) < 4.78 is 0.